The molecule has 2 N–H and O–H groups in total. The minimum absolute atomic E-state index is 0.0501. The minimum atomic E-state index is -1.10. The summed E-state index contributed by atoms with van der Waals surface area (Å²) in [4.78, 5) is 28.4. The summed E-state index contributed by atoms with van der Waals surface area (Å²) in [6.45, 7) is 0.709. The minimum Gasteiger partial charge on any atom is -0.479 e. The molecule has 1 aliphatic heterocycles. The number of carboxylic acid groups (broad SMARTS) is 1. The van der Waals surface area contributed by atoms with Gasteiger partial charge in [0, 0.05) is 6.61 Å². The SMILES string of the molecule is O=C(NC(C(=O)O)c1ccccc1)c1cnc(C2CCCO2)s1. The summed E-state index contributed by atoms with van der Waals surface area (Å²) in [5, 5.41) is 12.7. The number of hydrogen-bond donors (Lipinski definition) is 2. The first kappa shape index (κ1) is 15.6. The molecule has 2 heterocycles. The van der Waals surface area contributed by atoms with E-state index < -0.39 is 17.9 Å². The van der Waals surface area contributed by atoms with Crippen LogP contribution >= 0.6 is 11.3 Å². The molecule has 1 saturated heterocycles. The first-order chi connectivity index (χ1) is 11.1. The quantitative estimate of drug-likeness (QED) is 0.878. The highest BCUT2D eigenvalue weighted by Gasteiger charge is 2.26. The molecular formula is C16H16N2O4S. The van der Waals surface area contributed by atoms with E-state index in [1.807, 2.05) is 0 Å². The lowest BCUT2D eigenvalue weighted by Crippen LogP contribution is -2.33. The Balaban J connectivity index is 1.73. The van der Waals surface area contributed by atoms with Gasteiger partial charge in [-0.05, 0) is 18.4 Å². The van der Waals surface area contributed by atoms with Gasteiger partial charge in [-0.1, -0.05) is 30.3 Å². The summed E-state index contributed by atoms with van der Waals surface area (Å²) in [7, 11) is 0. The van der Waals surface area contributed by atoms with Crippen molar-refractivity contribution in [2.45, 2.75) is 25.0 Å². The van der Waals surface area contributed by atoms with Crippen LogP contribution in [0.2, 0.25) is 0 Å². The molecule has 6 nitrogen and oxygen atoms in total. The van der Waals surface area contributed by atoms with Crippen molar-refractivity contribution >= 4 is 23.2 Å². The van der Waals surface area contributed by atoms with Crippen LogP contribution in [0, 0.1) is 0 Å². The molecule has 0 saturated carbocycles. The topological polar surface area (TPSA) is 88.5 Å². The zero-order chi connectivity index (χ0) is 16.2. The molecule has 0 bridgehead atoms. The highest BCUT2D eigenvalue weighted by molar-refractivity contribution is 7.13. The van der Waals surface area contributed by atoms with Crippen LogP contribution < -0.4 is 5.32 Å². The summed E-state index contributed by atoms with van der Waals surface area (Å²) in [5.41, 5.74) is 0.525. The molecule has 1 aromatic heterocycles. The Labute approximate surface area is 137 Å². The Morgan fingerprint density at radius 2 is 2.13 bits per heavy atom. The Morgan fingerprint density at radius 3 is 2.78 bits per heavy atom. The number of rotatable bonds is 5. The van der Waals surface area contributed by atoms with E-state index in [4.69, 9.17) is 4.74 Å². The van der Waals surface area contributed by atoms with Gasteiger partial charge >= 0.3 is 5.97 Å². The number of ether oxygens (including phenoxy) is 1. The molecule has 2 aromatic rings. The van der Waals surface area contributed by atoms with Crippen LogP contribution in [0.15, 0.2) is 36.5 Å². The third kappa shape index (κ3) is 3.57. The lowest BCUT2D eigenvalue weighted by molar-refractivity contribution is -0.139. The number of nitrogens with one attached hydrogen (secondary N) is 1. The van der Waals surface area contributed by atoms with Crippen molar-refractivity contribution in [2.24, 2.45) is 0 Å². The van der Waals surface area contributed by atoms with Gasteiger partial charge in [0.2, 0.25) is 0 Å². The summed E-state index contributed by atoms with van der Waals surface area (Å²) in [5.74, 6) is -1.54. The maximum absolute atomic E-state index is 12.3. The zero-order valence-electron chi connectivity index (χ0n) is 12.3. The van der Waals surface area contributed by atoms with Gasteiger partial charge in [-0.25, -0.2) is 9.78 Å². The number of aliphatic carboxylic acids is 1. The number of benzene rings is 1. The number of thiazole rings is 1. The molecule has 0 radical (unpaired) electrons. The molecule has 3 rings (SSSR count). The number of amides is 1. The lowest BCUT2D eigenvalue weighted by Gasteiger charge is -2.14. The molecule has 23 heavy (non-hydrogen) atoms. The van der Waals surface area contributed by atoms with Gasteiger partial charge in [0.25, 0.3) is 5.91 Å². The van der Waals surface area contributed by atoms with Gasteiger partial charge in [-0.15, -0.1) is 11.3 Å². The van der Waals surface area contributed by atoms with Crippen molar-refractivity contribution in [1.29, 1.82) is 0 Å². The average Bonchev–Trinajstić information content (AvgIpc) is 3.23. The van der Waals surface area contributed by atoms with E-state index in [1.165, 1.54) is 17.5 Å². The maximum Gasteiger partial charge on any atom is 0.330 e. The summed E-state index contributed by atoms with van der Waals surface area (Å²) >= 11 is 1.25. The summed E-state index contributed by atoms with van der Waals surface area (Å²) in [6.07, 6.45) is 3.31. The van der Waals surface area contributed by atoms with Gasteiger partial charge in [-0.2, -0.15) is 0 Å². The number of carbonyl (C=O) groups is 2. The third-order valence-corrected chi connectivity index (χ3v) is 4.70. The molecule has 7 heteroatoms. The molecule has 2 unspecified atom stereocenters. The first-order valence-electron chi connectivity index (χ1n) is 7.31. The third-order valence-electron chi connectivity index (χ3n) is 3.61. The Hall–Kier alpha value is -2.25. The molecule has 1 fully saturated rings. The van der Waals surface area contributed by atoms with Crippen LogP contribution in [0.3, 0.4) is 0 Å². The van der Waals surface area contributed by atoms with Crippen molar-refractivity contribution in [3.63, 3.8) is 0 Å². The van der Waals surface area contributed by atoms with Gasteiger partial charge < -0.3 is 15.2 Å². The molecular weight excluding hydrogens is 316 g/mol. The molecule has 1 amide bonds. The van der Waals surface area contributed by atoms with Crippen LogP contribution in [-0.4, -0.2) is 28.6 Å². The fraction of sp³-hybridized carbons (Fsp3) is 0.312. The van der Waals surface area contributed by atoms with E-state index in [0.29, 0.717) is 17.0 Å². The highest BCUT2D eigenvalue weighted by atomic mass is 32.1. The van der Waals surface area contributed by atoms with Crippen LogP contribution in [0.1, 0.15) is 45.2 Å². The van der Waals surface area contributed by atoms with E-state index in [2.05, 4.69) is 10.3 Å². The number of carbonyl (C=O) groups excluding carboxylic acids is 1. The predicted octanol–water partition coefficient (Wildman–Crippen LogP) is 2.55. The van der Waals surface area contributed by atoms with Gasteiger partial charge in [0.1, 0.15) is 16.0 Å². The normalized spacial score (nSPS) is 18.5. The van der Waals surface area contributed by atoms with Crippen molar-refractivity contribution in [3.05, 3.63) is 52.0 Å². The molecule has 2 atom stereocenters. The molecule has 1 aliphatic rings. The van der Waals surface area contributed by atoms with Gasteiger partial charge in [0.15, 0.2) is 6.04 Å². The lowest BCUT2D eigenvalue weighted by atomic mass is 10.1. The van der Waals surface area contributed by atoms with E-state index in [1.54, 1.807) is 30.3 Å². The smallest absolute Gasteiger partial charge is 0.330 e. The van der Waals surface area contributed by atoms with Gasteiger partial charge in [0.05, 0.1) is 6.20 Å². The first-order valence-corrected chi connectivity index (χ1v) is 8.13. The zero-order valence-corrected chi connectivity index (χ0v) is 13.1. The van der Waals surface area contributed by atoms with Crippen LogP contribution in [-0.2, 0) is 9.53 Å². The fourth-order valence-electron chi connectivity index (χ4n) is 2.45. The van der Waals surface area contributed by atoms with Crippen molar-refractivity contribution in [1.82, 2.24) is 10.3 Å². The summed E-state index contributed by atoms with van der Waals surface area (Å²) < 4.78 is 5.54. The number of carboxylic acids is 1. The molecule has 120 valence electrons. The Bertz CT molecular complexity index is 695. The van der Waals surface area contributed by atoms with Gasteiger partial charge in [-0.3, -0.25) is 4.79 Å². The second-order valence-corrected chi connectivity index (χ2v) is 6.28. The molecule has 0 aliphatic carbocycles. The van der Waals surface area contributed by atoms with Crippen molar-refractivity contribution in [2.75, 3.05) is 6.61 Å². The van der Waals surface area contributed by atoms with Crippen molar-refractivity contribution < 1.29 is 19.4 Å². The monoisotopic (exact) mass is 332 g/mol. The second kappa shape index (κ2) is 6.89. The van der Waals surface area contributed by atoms with Crippen LogP contribution in [0.25, 0.3) is 0 Å². The number of aromatic nitrogens is 1. The van der Waals surface area contributed by atoms with E-state index in [0.717, 1.165) is 17.8 Å². The fourth-order valence-corrected chi connectivity index (χ4v) is 3.35. The Kier molecular flexibility index (Phi) is 4.68. The predicted molar refractivity (Wildman–Crippen MR) is 84.3 cm³/mol. The van der Waals surface area contributed by atoms with Crippen molar-refractivity contribution in [3.8, 4) is 0 Å². The second-order valence-electron chi connectivity index (χ2n) is 5.22. The number of nitrogens with zero attached hydrogens (tertiary/aromatic N) is 1. The largest absolute Gasteiger partial charge is 0.479 e. The molecule has 0 spiro atoms. The van der Waals surface area contributed by atoms with E-state index in [-0.39, 0.29) is 6.10 Å². The van der Waals surface area contributed by atoms with E-state index in [9.17, 15) is 14.7 Å². The van der Waals surface area contributed by atoms with E-state index >= 15 is 0 Å². The average molecular weight is 332 g/mol. The maximum atomic E-state index is 12.3. The Morgan fingerprint density at radius 1 is 1.35 bits per heavy atom. The molecule has 1 aromatic carbocycles. The number of hydrogen-bond acceptors (Lipinski definition) is 5. The summed E-state index contributed by atoms with van der Waals surface area (Å²) in [6, 6.07) is 7.52. The van der Waals surface area contributed by atoms with Crippen LogP contribution in [0.4, 0.5) is 0 Å². The standard InChI is InChI=1S/C16H16N2O4S/c19-14(12-9-17-15(23-12)11-7-4-8-22-11)18-13(16(20)21)10-5-2-1-3-6-10/h1-3,5-6,9,11,13H,4,7-8H2,(H,18,19)(H,20,21). The highest BCUT2D eigenvalue weighted by Crippen LogP contribution is 2.31. The van der Waals surface area contributed by atoms with Crippen LogP contribution in [0.5, 0.6) is 0 Å².